The van der Waals surface area contributed by atoms with Crippen molar-refractivity contribution in [2.24, 2.45) is 0 Å². The first-order valence-corrected chi connectivity index (χ1v) is 6.26. The summed E-state index contributed by atoms with van der Waals surface area (Å²) >= 11 is 0. The molecule has 1 saturated heterocycles. The third-order valence-electron chi connectivity index (χ3n) is 3.42. The van der Waals surface area contributed by atoms with Crippen LogP contribution >= 0.6 is 0 Å². The van der Waals surface area contributed by atoms with Crippen molar-refractivity contribution >= 4 is 5.78 Å². The fraction of sp³-hybridized carbons (Fsp3) is 0.583. The van der Waals surface area contributed by atoms with Crippen molar-refractivity contribution in [2.45, 2.75) is 44.5 Å². The minimum atomic E-state index is -1.63. The second-order valence-electron chi connectivity index (χ2n) is 5.01. The molecule has 0 radical (unpaired) electrons. The zero-order valence-corrected chi connectivity index (χ0v) is 11.4. The van der Waals surface area contributed by atoms with E-state index in [9.17, 15) is 29.7 Å². The van der Waals surface area contributed by atoms with Crippen LogP contribution in [0.3, 0.4) is 0 Å². The number of rotatable bonds is 3. The molecule has 0 aliphatic carbocycles. The number of ether oxygens (including phenoxy) is 1. The summed E-state index contributed by atoms with van der Waals surface area (Å²) in [7, 11) is 0. The predicted octanol–water partition coefficient (Wildman–Crippen LogP) is -2.59. The van der Waals surface area contributed by atoms with E-state index in [2.05, 4.69) is 0 Å². The van der Waals surface area contributed by atoms with Crippen molar-refractivity contribution in [1.82, 2.24) is 9.55 Å². The second kappa shape index (κ2) is 5.53. The van der Waals surface area contributed by atoms with E-state index < -0.39 is 47.7 Å². The van der Waals surface area contributed by atoms with Crippen LogP contribution in [0.1, 0.15) is 18.7 Å². The average molecular weight is 300 g/mol. The second-order valence-corrected chi connectivity index (χ2v) is 5.01. The molecule has 0 spiro atoms. The van der Waals surface area contributed by atoms with Crippen LogP contribution in [0.25, 0.3) is 0 Å². The van der Waals surface area contributed by atoms with Crippen molar-refractivity contribution in [1.29, 1.82) is 0 Å². The van der Waals surface area contributed by atoms with Gasteiger partial charge in [-0.05, 0) is 13.8 Å². The number of aromatic nitrogens is 2. The molecule has 0 bridgehead atoms. The molecule has 2 heterocycles. The van der Waals surface area contributed by atoms with Gasteiger partial charge in [-0.15, -0.1) is 0 Å². The predicted molar refractivity (Wildman–Crippen MR) is 68.7 cm³/mol. The molecular weight excluding hydrogens is 284 g/mol. The summed E-state index contributed by atoms with van der Waals surface area (Å²) in [6, 6.07) is 0. The van der Waals surface area contributed by atoms with E-state index in [-0.39, 0.29) is 5.56 Å². The Labute approximate surface area is 118 Å². The molecule has 5 atom stereocenters. The number of aryl methyl sites for hydroxylation is 1. The summed E-state index contributed by atoms with van der Waals surface area (Å²) in [5, 5.41) is 29.5. The van der Waals surface area contributed by atoms with Gasteiger partial charge >= 0.3 is 5.69 Å². The highest BCUT2D eigenvalue weighted by Crippen LogP contribution is 2.30. The third kappa shape index (κ3) is 2.68. The topological polar surface area (TPSA) is 142 Å². The van der Waals surface area contributed by atoms with E-state index in [1.54, 1.807) is 0 Å². The van der Waals surface area contributed by atoms with Gasteiger partial charge < -0.3 is 20.1 Å². The lowest BCUT2D eigenvalue weighted by Gasteiger charge is -2.18. The number of carbonyl (C=O) groups is 1. The minimum Gasteiger partial charge on any atom is -0.387 e. The van der Waals surface area contributed by atoms with E-state index in [0.29, 0.717) is 0 Å². The molecule has 1 aromatic heterocycles. The van der Waals surface area contributed by atoms with Crippen LogP contribution in [-0.4, -0.2) is 55.1 Å². The summed E-state index contributed by atoms with van der Waals surface area (Å²) < 4.78 is 6.14. The van der Waals surface area contributed by atoms with Gasteiger partial charge in [0.25, 0.3) is 5.56 Å². The molecule has 2 rings (SSSR count). The first-order chi connectivity index (χ1) is 9.73. The Bertz CT molecular complexity index is 664. The number of carbonyl (C=O) groups excluding carboxylic acids is 1. The molecule has 0 saturated carbocycles. The number of nitrogens with one attached hydrogen (secondary N) is 1. The van der Waals surface area contributed by atoms with Crippen molar-refractivity contribution < 1.29 is 24.9 Å². The number of H-pyrrole nitrogens is 1. The Morgan fingerprint density at radius 1 is 1.38 bits per heavy atom. The van der Waals surface area contributed by atoms with Gasteiger partial charge in [0.1, 0.15) is 24.4 Å². The van der Waals surface area contributed by atoms with E-state index in [4.69, 9.17) is 4.74 Å². The average Bonchev–Trinajstić information content (AvgIpc) is 2.70. The smallest absolute Gasteiger partial charge is 0.330 e. The van der Waals surface area contributed by atoms with E-state index >= 15 is 0 Å². The maximum absolute atomic E-state index is 11.7. The third-order valence-corrected chi connectivity index (χ3v) is 3.42. The summed E-state index contributed by atoms with van der Waals surface area (Å²) in [4.78, 5) is 36.2. The first kappa shape index (κ1) is 15.6. The normalized spacial score (nSPS) is 30.3. The van der Waals surface area contributed by atoms with Gasteiger partial charge in [0.05, 0.1) is 0 Å². The Morgan fingerprint density at radius 3 is 2.57 bits per heavy atom. The SMILES string of the molecule is CC(=O)C(O)[C@H]1O[C@@H](n2cc(C)c(=O)[nH]c2=O)[C@@H](O)[C@@H]1O. The monoisotopic (exact) mass is 300 g/mol. The van der Waals surface area contributed by atoms with Crippen LogP contribution in [0.2, 0.25) is 0 Å². The van der Waals surface area contributed by atoms with Gasteiger partial charge in [0.15, 0.2) is 12.0 Å². The van der Waals surface area contributed by atoms with Crippen LogP contribution in [0.15, 0.2) is 15.8 Å². The number of Topliss-reactive ketones (excluding diaryl/α,β-unsaturated/α-hetero) is 1. The Kier molecular flexibility index (Phi) is 4.10. The molecular formula is C12H16N2O7. The molecule has 1 fully saturated rings. The van der Waals surface area contributed by atoms with E-state index in [0.717, 1.165) is 11.5 Å². The summed E-state index contributed by atoms with van der Waals surface area (Å²) in [5.41, 5.74) is -1.21. The minimum absolute atomic E-state index is 0.204. The highest BCUT2D eigenvalue weighted by atomic mass is 16.6. The molecule has 1 aliphatic rings. The fourth-order valence-electron chi connectivity index (χ4n) is 2.18. The highest BCUT2D eigenvalue weighted by molar-refractivity contribution is 5.80. The number of aliphatic hydroxyl groups excluding tert-OH is 3. The first-order valence-electron chi connectivity index (χ1n) is 6.26. The number of ketones is 1. The Morgan fingerprint density at radius 2 is 2.00 bits per heavy atom. The lowest BCUT2D eigenvalue weighted by atomic mass is 10.0. The van der Waals surface area contributed by atoms with Gasteiger partial charge in [-0.25, -0.2) is 4.79 Å². The highest BCUT2D eigenvalue weighted by Gasteiger charge is 2.48. The van der Waals surface area contributed by atoms with Crippen LogP contribution in [-0.2, 0) is 9.53 Å². The van der Waals surface area contributed by atoms with Crippen LogP contribution in [0.4, 0.5) is 0 Å². The number of nitrogens with zero attached hydrogens (tertiary/aromatic N) is 1. The number of hydrogen-bond acceptors (Lipinski definition) is 7. The zero-order chi connectivity index (χ0) is 15.9. The van der Waals surface area contributed by atoms with Crippen LogP contribution < -0.4 is 11.2 Å². The quantitative estimate of drug-likeness (QED) is 0.480. The van der Waals surface area contributed by atoms with Gasteiger partial charge in [-0.1, -0.05) is 0 Å². The van der Waals surface area contributed by atoms with Gasteiger partial charge in [-0.2, -0.15) is 0 Å². The number of hydrogen-bond donors (Lipinski definition) is 4. The van der Waals surface area contributed by atoms with Gasteiger partial charge in [0.2, 0.25) is 0 Å². The van der Waals surface area contributed by atoms with Crippen molar-refractivity contribution in [2.75, 3.05) is 0 Å². The van der Waals surface area contributed by atoms with Gasteiger partial charge in [0, 0.05) is 11.8 Å². The Hall–Kier alpha value is -1.81. The molecule has 116 valence electrons. The van der Waals surface area contributed by atoms with Crippen LogP contribution in [0, 0.1) is 6.92 Å². The summed E-state index contributed by atoms with van der Waals surface area (Å²) in [6.07, 6.45) is -6.22. The van der Waals surface area contributed by atoms with Crippen molar-refractivity contribution in [3.8, 4) is 0 Å². The standard InChI is InChI=1S/C12H16N2O7/c1-4-3-14(12(20)13-10(4)19)11-8(18)7(17)9(21-11)6(16)5(2)15/h3,6-9,11,16-18H,1-2H3,(H,13,19,20)/t6?,7-,8-,9+,11+/m0/s1. The zero-order valence-electron chi connectivity index (χ0n) is 11.4. The summed E-state index contributed by atoms with van der Waals surface area (Å²) in [5.74, 6) is -0.642. The van der Waals surface area contributed by atoms with Crippen molar-refractivity contribution in [3.63, 3.8) is 0 Å². The largest absolute Gasteiger partial charge is 0.387 e. The lowest BCUT2D eigenvalue weighted by Crippen LogP contribution is -2.42. The molecule has 1 aromatic rings. The van der Waals surface area contributed by atoms with E-state index in [1.165, 1.54) is 13.1 Å². The molecule has 21 heavy (non-hydrogen) atoms. The van der Waals surface area contributed by atoms with Crippen LogP contribution in [0.5, 0.6) is 0 Å². The molecule has 0 aromatic carbocycles. The molecule has 9 nitrogen and oxygen atoms in total. The maximum Gasteiger partial charge on any atom is 0.330 e. The molecule has 1 aliphatic heterocycles. The Balaban J connectivity index is 2.38. The molecule has 1 unspecified atom stereocenters. The maximum atomic E-state index is 11.7. The molecule has 0 amide bonds. The lowest BCUT2D eigenvalue weighted by molar-refractivity contribution is -0.139. The molecule has 9 heteroatoms. The summed E-state index contributed by atoms with van der Waals surface area (Å²) in [6.45, 7) is 2.56. The van der Waals surface area contributed by atoms with E-state index in [1.807, 2.05) is 4.98 Å². The number of aliphatic hydroxyl groups is 3. The van der Waals surface area contributed by atoms with Gasteiger partial charge in [-0.3, -0.25) is 19.1 Å². The molecule has 4 N–H and O–H groups in total. The number of aromatic amines is 1. The van der Waals surface area contributed by atoms with Crippen molar-refractivity contribution in [3.05, 3.63) is 32.6 Å². The fourth-order valence-corrected chi connectivity index (χ4v) is 2.18.